The lowest BCUT2D eigenvalue weighted by atomic mass is 9.79. The van der Waals surface area contributed by atoms with Gasteiger partial charge in [-0.25, -0.2) is 0 Å². The number of aliphatic hydroxyl groups is 1. The average Bonchev–Trinajstić information content (AvgIpc) is 2.24. The van der Waals surface area contributed by atoms with Gasteiger partial charge in [-0.15, -0.1) is 0 Å². The summed E-state index contributed by atoms with van der Waals surface area (Å²) < 4.78 is 0. The smallest absolute Gasteiger partial charge is 0.376 e. The van der Waals surface area contributed by atoms with Crippen LogP contribution in [0.5, 0.6) is 0 Å². The third kappa shape index (κ3) is 1.28. The van der Waals surface area contributed by atoms with Crippen molar-refractivity contribution in [3.63, 3.8) is 0 Å². The van der Waals surface area contributed by atoms with Gasteiger partial charge in [0.1, 0.15) is 0 Å². The minimum atomic E-state index is -0.338. The molecule has 2 fully saturated rings. The van der Waals surface area contributed by atoms with Crippen LogP contribution < -0.4 is 0 Å². The van der Waals surface area contributed by atoms with Gasteiger partial charge < -0.3 is 14.9 Å². The number of fused-ring (bicyclic) bond motifs is 2. The van der Waals surface area contributed by atoms with Crippen molar-refractivity contribution in [2.45, 2.75) is 50.7 Å². The predicted molar refractivity (Wildman–Crippen MR) is 47.7 cm³/mol. The van der Waals surface area contributed by atoms with Crippen LogP contribution in [0.4, 0.5) is 0 Å². The predicted octanol–water partition coefficient (Wildman–Crippen LogP) is 0.0844. The van der Waals surface area contributed by atoms with Crippen LogP contribution >= 0.6 is 0 Å². The molecular formula is C8H16BNO2. The Bertz CT molecular complexity index is 162. The molecule has 0 spiro atoms. The minimum Gasteiger partial charge on any atom is -0.437 e. The van der Waals surface area contributed by atoms with Crippen molar-refractivity contribution in [3.8, 4) is 0 Å². The van der Waals surface area contributed by atoms with Gasteiger partial charge in [0, 0.05) is 12.1 Å². The van der Waals surface area contributed by atoms with Crippen LogP contribution in [-0.2, 0) is 0 Å². The zero-order valence-electron chi connectivity index (χ0n) is 7.48. The molecule has 2 saturated heterocycles. The third-order valence-electron chi connectivity index (χ3n) is 3.20. The SMILES string of the molecule is CB(O)N1[C@@H]2CC[C@@H]1CC(O)C2. The Balaban J connectivity index is 2.09. The number of nitrogens with zero attached hydrogens (tertiary/aromatic N) is 1. The summed E-state index contributed by atoms with van der Waals surface area (Å²) in [5.74, 6) is 0. The summed E-state index contributed by atoms with van der Waals surface area (Å²) in [7, 11) is -0.338. The molecule has 0 aromatic heterocycles. The van der Waals surface area contributed by atoms with E-state index in [1.807, 2.05) is 6.82 Å². The molecule has 2 heterocycles. The van der Waals surface area contributed by atoms with Gasteiger partial charge >= 0.3 is 7.05 Å². The fraction of sp³-hybridized carbons (Fsp3) is 1.00. The highest BCUT2D eigenvalue weighted by molar-refractivity contribution is 6.45. The van der Waals surface area contributed by atoms with Crippen molar-refractivity contribution < 1.29 is 10.1 Å². The first-order valence-corrected chi connectivity index (χ1v) is 4.82. The van der Waals surface area contributed by atoms with Gasteiger partial charge in [-0.05, 0) is 32.5 Å². The van der Waals surface area contributed by atoms with Crippen LogP contribution in [0.3, 0.4) is 0 Å². The second-order valence-electron chi connectivity index (χ2n) is 4.09. The van der Waals surface area contributed by atoms with Crippen molar-refractivity contribution in [3.05, 3.63) is 0 Å². The summed E-state index contributed by atoms with van der Waals surface area (Å²) >= 11 is 0. The van der Waals surface area contributed by atoms with E-state index >= 15 is 0 Å². The van der Waals surface area contributed by atoms with Gasteiger partial charge in [-0.3, -0.25) is 0 Å². The Labute approximate surface area is 73.5 Å². The van der Waals surface area contributed by atoms with Gasteiger partial charge in [0.05, 0.1) is 6.10 Å². The lowest BCUT2D eigenvalue weighted by Crippen LogP contribution is -2.51. The lowest BCUT2D eigenvalue weighted by molar-refractivity contribution is 0.0687. The summed E-state index contributed by atoms with van der Waals surface area (Å²) in [5, 5.41) is 19.0. The summed E-state index contributed by atoms with van der Waals surface area (Å²) in [4.78, 5) is 2.16. The van der Waals surface area contributed by atoms with Gasteiger partial charge in [-0.2, -0.15) is 0 Å². The molecule has 68 valence electrons. The van der Waals surface area contributed by atoms with E-state index in [-0.39, 0.29) is 13.2 Å². The fourth-order valence-corrected chi connectivity index (χ4v) is 2.79. The van der Waals surface area contributed by atoms with Crippen molar-refractivity contribution in [2.24, 2.45) is 0 Å². The van der Waals surface area contributed by atoms with Crippen molar-refractivity contribution in [1.29, 1.82) is 0 Å². The van der Waals surface area contributed by atoms with Crippen LogP contribution in [0.15, 0.2) is 0 Å². The van der Waals surface area contributed by atoms with Gasteiger partial charge in [0.2, 0.25) is 0 Å². The van der Waals surface area contributed by atoms with Gasteiger partial charge in [0.25, 0.3) is 0 Å². The van der Waals surface area contributed by atoms with Gasteiger partial charge in [0.15, 0.2) is 0 Å². The van der Waals surface area contributed by atoms with E-state index < -0.39 is 0 Å². The summed E-state index contributed by atoms with van der Waals surface area (Å²) in [6, 6.07) is 0.859. The number of piperidine rings is 1. The summed E-state index contributed by atoms with van der Waals surface area (Å²) in [5.41, 5.74) is 0. The van der Waals surface area contributed by atoms with Crippen molar-refractivity contribution in [2.75, 3.05) is 0 Å². The second-order valence-corrected chi connectivity index (χ2v) is 4.09. The van der Waals surface area contributed by atoms with Crippen LogP contribution in [0.1, 0.15) is 25.7 Å². The quantitative estimate of drug-likeness (QED) is 0.546. The fourth-order valence-electron chi connectivity index (χ4n) is 2.79. The van der Waals surface area contributed by atoms with E-state index in [1.54, 1.807) is 0 Å². The molecule has 12 heavy (non-hydrogen) atoms. The Morgan fingerprint density at radius 1 is 1.25 bits per heavy atom. The zero-order chi connectivity index (χ0) is 8.72. The lowest BCUT2D eigenvalue weighted by Gasteiger charge is -2.37. The molecule has 0 aliphatic carbocycles. The molecule has 2 bridgehead atoms. The Kier molecular flexibility index (Phi) is 2.15. The standard InChI is InChI=1S/C8H16BNO2/c1-9(12)10-6-2-3-7(10)5-8(11)4-6/h6-8,11-12H,2-5H2,1H3/t6-,7-/m1/s1. The summed E-state index contributed by atoms with van der Waals surface area (Å²) in [6.07, 6.45) is 3.86. The zero-order valence-corrected chi connectivity index (χ0v) is 7.48. The highest BCUT2D eigenvalue weighted by Gasteiger charge is 2.42. The van der Waals surface area contributed by atoms with Crippen molar-refractivity contribution in [1.82, 2.24) is 4.81 Å². The molecule has 3 nitrogen and oxygen atoms in total. The molecular weight excluding hydrogens is 153 g/mol. The largest absolute Gasteiger partial charge is 0.437 e. The third-order valence-corrected chi connectivity index (χ3v) is 3.20. The molecule has 0 aromatic carbocycles. The van der Waals surface area contributed by atoms with Crippen LogP contribution in [0.25, 0.3) is 0 Å². The first kappa shape index (κ1) is 8.54. The summed E-state index contributed by atoms with van der Waals surface area (Å²) in [6.45, 7) is 1.82. The molecule has 4 heteroatoms. The van der Waals surface area contributed by atoms with Gasteiger partial charge in [-0.1, -0.05) is 0 Å². The molecule has 2 N–H and O–H groups in total. The maximum atomic E-state index is 9.49. The first-order chi connectivity index (χ1) is 5.68. The average molecular weight is 169 g/mol. The molecule has 0 radical (unpaired) electrons. The van der Waals surface area contributed by atoms with E-state index in [1.165, 1.54) is 0 Å². The van der Waals surface area contributed by atoms with E-state index in [2.05, 4.69) is 4.81 Å². The van der Waals surface area contributed by atoms with Crippen molar-refractivity contribution >= 4 is 7.05 Å². The van der Waals surface area contributed by atoms with E-state index in [0.29, 0.717) is 12.1 Å². The van der Waals surface area contributed by atoms with Crippen LogP contribution in [-0.4, -0.2) is 40.2 Å². The molecule has 0 unspecified atom stereocenters. The molecule has 0 aromatic rings. The highest BCUT2D eigenvalue weighted by Crippen LogP contribution is 2.35. The Hall–Kier alpha value is -0.0551. The number of hydrogen-bond acceptors (Lipinski definition) is 3. The topological polar surface area (TPSA) is 43.7 Å². The van der Waals surface area contributed by atoms with E-state index in [9.17, 15) is 10.1 Å². The number of rotatable bonds is 1. The maximum absolute atomic E-state index is 9.49. The maximum Gasteiger partial charge on any atom is 0.376 e. The van der Waals surface area contributed by atoms with Crippen LogP contribution in [0, 0.1) is 0 Å². The van der Waals surface area contributed by atoms with E-state index in [0.717, 1.165) is 25.7 Å². The molecule has 2 atom stereocenters. The van der Waals surface area contributed by atoms with Crippen LogP contribution in [0.2, 0.25) is 6.82 Å². The Morgan fingerprint density at radius 2 is 1.75 bits per heavy atom. The Morgan fingerprint density at radius 3 is 2.17 bits per heavy atom. The van der Waals surface area contributed by atoms with E-state index in [4.69, 9.17) is 0 Å². The second kappa shape index (κ2) is 3.02. The molecule has 2 aliphatic heterocycles. The molecule has 0 amide bonds. The molecule has 0 saturated carbocycles. The highest BCUT2D eigenvalue weighted by atomic mass is 16.3. The first-order valence-electron chi connectivity index (χ1n) is 4.82. The number of aliphatic hydroxyl groups excluding tert-OH is 1. The molecule has 2 rings (SSSR count). The monoisotopic (exact) mass is 169 g/mol. The number of hydrogen-bond donors (Lipinski definition) is 2. The minimum absolute atomic E-state index is 0.127. The molecule has 2 aliphatic rings. The normalized spacial score (nSPS) is 41.8.